The minimum absolute atomic E-state index is 0.162. The molecule has 6 heteroatoms. The van der Waals surface area contributed by atoms with Crippen LogP contribution in [0.25, 0.3) is 0 Å². The van der Waals surface area contributed by atoms with Crippen molar-refractivity contribution in [2.45, 2.75) is 63.8 Å². The molecule has 3 nitrogen and oxygen atoms in total. The molecular formula is C21H25F3N2O. The average Bonchev–Trinajstić information content (AvgIpc) is 3.02. The van der Waals surface area contributed by atoms with Crippen LogP contribution in [0.2, 0.25) is 0 Å². The zero-order chi connectivity index (χ0) is 19.1. The standard InChI is InChI=1S/C21H25F3N2O/c1-20(2)19(27)26(18-15-8-13-7-14(10-15)17(18)9-13)25(20)11-12-3-5-16(6-4-12)21(22,23)24/h3-6,13-15,17-18H,7-11H2,1-2H3. The fourth-order valence-electron chi connectivity index (χ4n) is 6.35. The van der Waals surface area contributed by atoms with E-state index in [1.54, 1.807) is 0 Å². The summed E-state index contributed by atoms with van der Waals surface area (Å²) in [5.74, 6) is 2.99. The Morgan fingerprint density at radius 2 is 1.70 bits per heavy atom. The van der Waals surface area contributed by atoms with E-state index in [9.17, 15) is 18.0 Å². The fraction of sp³-hybridized carbons (Fsp3) is 0.667. The number of hydrazine groups is 1. The SMILES string of the molecule is CC1(C)C(=O)N(C2C3CC4CC(C3)C2C4)N1Cc1ccc(C(F)(F)F)cc1. The first-order valence-electron chi connectivity index (χ1n) is 9.93. The van der Waals surface area contributed by atoms with Gasteiger partial charge >= 0.3 is 6.18 Å². The summed E-state index contributed by atoms with van der Waals surface area (Å²) >= 11 is 0. The molecule has 5 atom stereocenters. The van der Waals surface area contributed by atoms with E-state index in [4.69, 9.17) is 0 Å². The first-order chi connectivity index (χ1) is 12.7. The summed E-state index contributed by atoms with van der Waals surface area (Å²) in [6, 6.07) is 5.63. The minimum atomic E-state index is -4.32. The van der Waals surface area contributed by atoms with E-state index in [2.05, 4.69) is 5.01 Å². The first-order valence-corrected chi connectivity index (χ1v) is 9.93. The number of alkyl halides is 3. The molecule has 5 fully saturated rings. The lowest BCUT2D eigenvalue weighted by atomic mass is 9.77. The van der Waals surface area contributed by atoms with E-state index in [1.807, 2.05) is 18.9 Å². The predicted octanol–water partition coefficient (Wildman–Crippen LogP) is 4.48. The Morgan fingerprint density at radius 1 is 1.04 bits per heavy atom. The zero-order valence-corrected chi connectivity index (χ0v) is 15.7. The van der Waals surface area contributed by atoms with Gasteiger partial charge in [0, 0.05) is 6.54 Å². The molecule has 6 rings (SSSR count). The molecule has 1 heterocycles. The van der Waals surface area contributed by atoms with Gasteiger partial charge in [0.15, 0.2) is 0 Å². The van der Waals surface area contributed by atoms with Crippen molar-refractivity contribution in [2.75, 3.05) is 0 Å². The van der Waals surface area contributed by atoms with E-state index in [0.29, 0.717) is 24.4 Å². The van der Waals surface area contributed by atoms with Crippen LogP contribution in [0.3, 0.4) is 0 Å². The molecule has 0 N–H and O–H groups in total. The Labute approximate surface area is 157 Å². The lowest BCUT2D eigenvalue weighted by molar-refractivity contribution is -0.238. The lowest BCUT2D eigenvalue weighted by Gasteiger charge is -2.60. The number of rotatable bonds is 3. The Bertz CT molecular complexity index is 769. The summed E-state index contributed by atoms with van der Waals surface area (Å²) < 4.78 is 38.4. The zero-order valence-electron chi connectivity index (χ0n) is 15.7. The van der Waals surface area contributed by atoms with Crippen molar-refractivity contribution >= 4 is 5.91 Å². The second-order valence-corrected chi connectivity index (χ2v) is 9.44. The molecule has 5 aliphatic rings. The average molecular weight is 378 g/mol. The van der Waals surface area contributed by atoms with Gasteiger partial charge in [0.25, 0.3) is 5.91 Å². The number of carbonyl (C=O) groups excluding carboxylic acids is 1. The van der Waals surface area contributed by atoms with Crippen molar-refractivity contribution in [2.24, 2.45) is 23.7 Å². The van der Waals surface area contributed by atoms with Crippen LogP contribution >= 0.6 is 0 Å². The monoisotopic (exact) mass is 378 g/mol. The van der Waals surface area contributed by atoms with Crippen molar-refractivity contribution in [1.82, 2.24) is 10.0 Å². The molecule has 1 saturated heterocycles. The highest BCUT2D eigenvalue weighted by Gasteiger charge is 2.63. The number of nitrogens with zero attached hydrogens (tertiary/aromatic N) is 2. The van der Waals surface area contributed by atoms with Gasteiger partial charge in [0.1, 0.15) is 5.54 Å². The van der Waals surface area contributed by atoms with Crippen LogP contribution in [0.1, 0.15) is 50.7 Å². The second-order valence-electron chi connectivity index (χ2n) is 9.44. The van der Waals surface area contributed by atoms with Crippen LogP contribution in [-0.2, 0) is 17.5 Å². The molecule has 4 bridgehead atoms. The number of hydrogen-bond acceptors (Lipinski definition) is 2. The van der Waals surface area contributed by atoms with Crippen LogP contribution in [0.5, 0.6) is 0 Å². The van der Waals surface area contributed by atoms with E-state index in [1.165, 1.54) is 37.8 Å². The Balaban J connectivity index is 1.38. The van der Waals surface area contributed by atoms with Crippen molar-refractivity contribution in [1.29, 1.82) is 0 Å². The van der Waals surface area contributed by atoms with Gasteiger partial charge in [-0.3, -0.25) is 9.80 Å². The van der Waals surface area contributed by atoms with E-state index in [-0.39, 0.29) is 5.91 Å². The quantitative estimate of drug-likeness (QED) is 0.774. The molecule has 146 valence electrons. The summed E-state index contributed by atoms with van der Waals surface area (Å²) in [5, 5.41) is 4.07. The van der Waals surface area contributed by atoms with E-state index < -0.39 is 17.3 Å². The van der Waals surface area contributed by atoms with E-state index in [0.717, 1.165) is 29.5 Å². The third kappa shape index (κ3) is 2.48. The van der Waals surface area contributed by atoms with Gasteiger partial charge in [-0.05, 0) is 80.9 Å². The molecule has 1 aromatic carbocycles. The van der Waals surface area contributed by atoms with Crippen LogP contribution in [0, 0.1) is 23.7 Å². The molecule has 27 heavy (non-hydrogen) atoms. The molecule has 0 aromatic heterocycles. The predicted molar refractivity (Wildman–Crippen MR) is 94.1 cm³/mol. The van der Waals surface area contributed by atoms with Gasteiger partial charge in [-0.1, -0.05) is 12.1 Å². The maximum atomic E-state index is 12.9. The number of halogens is 3. The summed E-state index contributed by atoms with van der Waals surface area (Å²) in [4.78, 5) is 12.9. The van der Waals surface area contributed by atoms with Crippen molar-refractivity contribution in [3.8, 4) is 0 Å². The summed E-state index contributed by atoms with van der Waals surface area (Å²) in [6.07, 6.45) is 0.713. The van der Waals surface area contributed by atoms with Gasteiger partial charge in [-0.15, -0.1) is 0 Å². The van der Waals surface area contributed by atoms with Crippen LogP contribution in [0.4, 0.5) is 13.2 Å². The third-order valence-electron chi connectivity index (χ3n) is 7.54. The Morgan fingerprint density at radius 3 is 2.33 bits per heavy atom. The van der Waals surface area contributed by atoms with Crippen LogP contribution < -0.4 is 0 Å². The van der Waals surface area contributed by atoms with Crippen molar-refractivity contribution in [3.63, 3.8) is 0 Å². The largest absolute Gasteiger partial charge is 0.416 e. The topological polar surface area (TPSA) is 23.6 Å². The normalized spacial score (nSPS) is 37.1. The number of benzene rings is 1. The minimum Gasteiger partial charge on any atom is -0.271 e. The van der Waals surface area contributed by atoms with Crippen LogP contribution in [-0.4, -0.2) is 27.5 Å². The molecule has 1 amide bonds. The summed E-state index contributed by atoms with van der Waals surface area (Å²) in [6.45, 7) is 4.31. The molecular weight excluding hydrogens is 353 g/mol. The van der Waals surface area contributed by atoms with E-state index >= 15 is 0 Å². The van der Waals surface area contributed by atoms with Crippen molar-refractivity contribution in [3.05, 3.63) is 35.4 Å². The smallest absolute Gasteiger partial charge is 0.271 e. The molecule has 0 radical (unpaired) electrons. The summed E-state index contributed by atoms with van der Waals surface area (Å²) in [5.41, 5.74) is -0.420. The highest BCUT2D eigenvalue weighted by atomic mass is 19.4. The van der Waals surface area contributed by atoms with Gasteiger partial charge in [0.2, 0.25) is 0 Å². The van der Waals surface area contributed by atoms with Gasteiger partial charge in [0.05, 0.1) is 11.6 Å². The third-order valence-corrected chi connectivity index (χ3v) is 7.54. The maximum absolute atomic E-state index is 12.9. The van der Waals surface area contributed by atoms with Crippen molar-refractivity contribution < 1.29 is 18.0 Å². The molecule has 1 aliphatic heterocycles. The number of carbonyl (C=O) groups is 1. The molecule has 0 spiro atoms. The first kappa shape index (κ1) is 17.5. The van der Waals surface area contributed by atoms with Crippen LogP contribution in [0.15, 0.2) is 24.3 Å². The van der Waals surface area contributed by atoms with Gasteiger partial charge in [-0.2, -0.15) is 18.2 Å². The van der Waals surface area contributed by atoms with Gasteiger partial charge < -0.3 is 0 Å². The summed E-state index contributed by atoms with van der Waals surface area (Å²) in [7, 11) is 0. The Hall–Kier alpha value is -1.56. The molecule has 1 aromatic rings. The lowest BCUT2D eigenvalue weighted by Crippen LogP contribution is -2.77. The molecule has 4 aliphatic carbocycles. The Kier molecular flexibility index (Phi) is 3.57. The molecule has 5 unspecified atom stereocenters. The molecule has 4 saturated carbocycles. The maximum Gasteiger partial charge on any atom is 0.416 e. The highest BCUT2D eigenvalue weighted by Crippen LogP contribution is 2.61. The number of hydrogen-bond donors (Lipinski definition) is 0. The highest BCUT2D eigenvalue weighted by molar-refractivity contribution is 5.90. The fourth-order valence-corrected chi connectivity index (χ4v) is 6.35. The van der Waals surface area contributed by atoms with Gasteiger partial charge in [-0.25, -0.2) is 0 Å². The second kappa shape index (κ2) is 5.49. The number of amides is 1.